The van der Waals surface area contributed by atoms with Crippen LogP contribution in [0.25, 0.3) is 0 Å². The standard InChI is InChI=1S/C20H25FN2O3S2/c1-16-5-11-19(12-6-16)27-15-13-22-20(24)4-3-14-23(28(2,25)26)18-9-7-17(21)8-10-18/h5-12H,3-4,13-15H2,1-2H3,(H,22,24). The van der Waals surface area contributed by atoms with Gasteiger partial charge in [0.1, 0.15) is 5.82 Å². The number of nitrogens with one attached hydrogen (secondary N) is 1. The Morgan fingerprint density at radius 2 is 1.75 bits per heavy atom. The molecule has 0 heterocycles. The first-order valence-corrected chi connectivity index (χ1v) is 11.8. The van der Waals surface area contributed by atoms with Gasteiger partial charge >= 0.3 is 0 Å². The molecule has 0 saturated heterocycles. The van der Waals surface area contributed by atoms with Gasteiger partial charge in [-0.05, 0) is 49.7 Å². The van der Waals surface area contributed by atoms with Gasteiger partial charge in [0.2, 0.25) is 15.9 Å². The topological polar surface area (TPSA) is 66.5 Å². The number of halogens is 1. The molecule has 0 aliphatic rings. The van der Waals surface area contributed by atoms with Crippen LogP contribution in [0.15, 0.2) is 53.4 Å². The largest absolute Gasteiger partial charge is 0.355 e. The first-order chi connectivity index (χ1) is 13.3. The zero-order valence-electron chi connectivity index (χ0n) is 16.0. The maximum atomic E-state index is 13.1. The Balaban J connectivity index is 1.73. The third-order valence-electron chi connectivity index (χ3n) is 3.99. The summed E-state index contributed by atoms with van der Waals surface area (Å²) in [5.41, 5.74) is 1.60. The molecule has 0 spiro atoms. The van der Waals surface area contributed by atoms with Crippen molar-refractivity contribution in [2.75, 3.05) is 29.4 Å². The van der Waals surface area contributed by atoms with E-state index in [2.05, 4.69) is 29.6 Å². The van der Waals surface area contributed by atoms with E-state index in [9.17, 15) is 17.6 Å². The average molecular weight is 425 g/mol. The summed E-state index contributed by atoms with van der Waals surface area (Å²) in [5.74, 6) is 0.219. The highest BCUT2D eigenvalue weighted by Crippen LogP contribution is 2.19. The zero-order valence-corrected chi connectivity index (χ0v) is 17.7. The molecule has 2 aromatic rings. The van der Waals surface area contributed by atoms with Gasteiger partial charge in [-0.3, -0.25) is 9.10 Å². The highest BCUT2D eigenvalue weighted by molar-refractivity contribution is 7.99. The Kier molecular flexibility index (Phi) is 8.32. The van der Waals surface area contributed by atoms with Crippen LogP contribution in [0.2, 0.25) is 0 Å². The second-order valence-corrected chi connectivity index (χ2v) is 9.50. The molecule has 0 radical (unpaired) electrons. The summed E-state index contributed by atoms with van der Waals surface area (Å²) in [4.78, 5) is 13.1. The van der Waals surface area contributed by atoms with Crippen LogP contribution < -0.4 is 9.62 Å². The molecule has 0 aromatic heterocycles. The molecule has 0 unspecified atom stereocenters. The monoisotopic (exact) mass is 424 g/mol. The van der Waals surface area contributed by atoms with E-state index in [0.29, 0.717) is 18.7 Å². The number of carbonyl (C=O) groups is 1. The zero-order chi connectivity index (χ0) is 20.6. The van der Waals surface area contributed by atoms with Gasteiger partial charge in [-0.1, -0.05) is 17.7 Å². The van der Waals surface area contributed by atoms with Crippen LogP contribution in [0.3, 0.4) is 0 Å². The molecule has 8 heteroatoms. The van der Waals surface area contributed by atoms with E-state index in [-0.39, 0.29) is 18.9 Å². The summed E-state index contributed by atoms with van der Waals surface area (Å²) >= 11 is 1.67. The van der Waals surface area contributed by atoms with Gasteiger partial charge in [-0.25, -0.2) is 12.8 Å². The van der Waals surface area contributed by atoms with Crippen LogP contribution in [0, 0.1) is 12.7 Å². The number of anilines is 1. The lowest BCUT2D eigenvalue weighted by molar-refractivity contribution is -0.121. The van der Waals surface area contributed by atoms with Crippen molar-refractivity contribution in [1.82, 2.24) is 5.32 Å². The molecule has 5 nitrogen and oxygen atoms in total. The number of benzene rings is 2. The fourth-order valence-electron chi connectivity index (χ4n) is 2.56. The number of aryl methyl sites for hydroxylation is 1. The second kappa shape index (κ2) is 10.5. The third kappa shape index (κ3) is 7.52. The van der Waals surface area contributed by atoms with E-state index < -0.39 is 15.8 Å². The Labute approximate surface area is 170 Å². The van der Waals surface area contributed by atoms with Crippen LogP contribution >= 0.6 is 11.8 Å². The summed E-state index contributed by atoms with van der Waals surface area (Å²) in [7, 11) is -3.51. The SMILES string of the molecule is Cc1ccc(SCCNC(=O)CCCN(c2ccc(F)cc2)S(C)(=O)=O)cc1. The van der Waals surface area contributed by atoms with E-state index >= 15 is 0 Å². The highest BCUT2D eigenvalue weighted by Gasteiger charge is 2.17. The van der Waals surface area contributed by atoms with E-state index in [1.54, 1.807) is 11.8 Å². The Morgan fingerprint density at radius 1 is 1.11 bits per heavy atom. The van der Waals surface area contributed by atoms with Crippen molar-refractivity contribution >= 4 is 33.4 Å². The van der Waals surface area contributed by atoms with Gasteiger partial charge in [-0.15, -0.1) is 11.8 Å². The molecule has 152 valence electrons. The van der Waals surface area contributed by atoms with Crippen molar-refractivity contribution in [3.05, 3.63) is 59.9 Å². The minimum atomic E-state index is -3.51. The molecule has 28 heavy (non-hydrogen) atoms. The quantitative estimate of drug-likeness (QED) is 0.468. The van der Waals surface area contributed by atoms with Crippen LogP contribution in [0.4, 0.5) is 10.1 Å². The highest BCUT2D eigenvalue weighted by atomic mass is 32.2. The Hall–Kier alpha value is -2.06. The van der Waals surface area contributed by atoms with Crippen molar-refractivity contribution in [3.63, 3.8) is 0 Å². The van der Waals surface area contributed by atoms with Crippen molar-refractivity contribution in [2.45, 2.75) is 24.7 Å². The number of carbonyl (C=O) groups excluding carboxylic acids is 1. The van der Waals surface area contributed by atoms with Gasteiger partial charge in [0.25, 0.3) is 0 Å². The molecule has 2 rings (SSSR count). The molecule has 1 N–H and O–H groups in total. The number of rotatable bonds is 10. The summed E-state index contributed by atoms with van der Waals surface area (Å²) in [6, 6.07) is 13.5. The predicted molar refractivity (Wildman–Crippen MR) is 113 cm³/mol. The molecular weight excluding hydrogens is 399 g/mol. The van der Waals surface area contributed by atoms with Crippen molar-refractivity contribution in [1.29, 1.82) is 0 Å². The smallest absolute Gasteiger partial charge is 0.232 e. The molecule has 0 saturated carbocycles. The normalized spacial score (nSPS) is 11.2. The lowest BCUT2D eigenvalue weighted by Gasteiger charge is -2.22. The first kappa shape index (κ1) is 22.2. The molecule has 0 aliphatic carbocycles. The van der Waals surface area contributed by atoms with Crippen LogP contribution in [-0.2, 0) is 14.8 Å². The number of amides is 1. The summed E-state index contributed by atoms with van der Waals surface area (Å²) in [6.07, 6.45) is 1.70. The van der Waals surface area contributed by atoms with Crippen LogP contribution in [-0.4, -0.2) is 39.4 Å². The van der Waals surface area contributed by atoms with E-state index in [1.807, 2.05) is 6.92 Å². The second-order valence-electron chi connectivity index (χ2n) is 6.43. The van der Waals surface area contributed by atoms with E-state index in [0.717, 1.165) is 16.9 Å². The number of thioether (sulfide) groups is 1. The van der Waals surface area contributed by atoms with Gasteiger partial charge in [0.15, 0.2) is 0 Å². The molecule has 1 amide bonds. The summed E-state index contributed by atoms with van der Waals surface area (Å²) < 4.78 is 38.2. The van der Waals surface area contributed by atoms with Gasteiger partial charge in [0, 0.05) is 30.2 Å². The fraction of sp³-hybridized carbons (Fsp3) is 0.350. The average Bonchev–Trinajstić information content (AvgIpc) is 2.64. The lowest BCUT2D eigenvalue weighted by atomic mass is 10.2. The van der Waals surface area contributed by atoms with Crippen molar-refractivity contribution in [2.24, 2.45) is 0 Å². The minimum Gasteiger partial charge on any atom is -0.355 e. The number of hydrogen-bond acceptors (Lipinski definition) is 4. The molecule has 0 bridgehead atoms. The summed E-state index contributed by atoms with van der Waals surface area (Å²) in [5, 5.41) is 2.85. The molecular formula is C20H25FN2O3S2. The van der Waals surface area contributed by atoms with Crippen molar-refractivity contribution < 1.29 is 17.6 Å². The maximum Gasteiger partial charge on any atom is 0.232 e. The molecule has 0 fully saturated rings. The van der Waals surface area contributed by atoms with Gasteiger partial charge in [0.05, 0.1) is 11.9 Å². The van der Waals surface area contributed by atoms with E-state index in [1.165, 1.54) is 34.1 Å². The van der Waals surface area contributed by atoms with Crippen LogP contribution in [0.5, 0.6) is 0 Å². The Bertz CT molecular complexity index is 869. The van der Waals surface area contributed by atoms with E-state index in [4.69, 9.17) is 0 Å². The summed E-state index contributed by atoms with van der Waals surface area (Å²) in [6.45, 7) is 2.75. The number of sulfonamides is 1. The molecule has 0 aliphatic heterocycles. The fourth-order valence-corrected chi connectivity index (χ4v) is 4.29. The third-order valence-corrected chi connectivity index (χ3v) is 6.20. The number of nitrogens with zero attached hydrogens (tertiary/aromatic N) is 1. The molecule has 2 aromatic carbocycles. The van der Waals surface area contributed by atoms with Crippen molar-refractivity contribution in [3.8, 4) is 0 Å². The van der Waals surface area contributed by atoms with Gasteiger partial charge in [-0.2, -0.15) is 0 Å². The first-order valence-electron chi connectivity index (χ1n) is 8.95. The van der Waals surface area contributed by atoms with Crippen LogP contribution in [0.1, 0.15) is 18.4 Å². The van der Waals surface area contributed by atoms with Gasteiger partial charge < -0.3 is 5.32 Å². The predicted octanol–water partition coefficient (Wildman–Crippen LogP) is 3.59. The maximum absolute atomic E-state index is 13.1. The lowest BCUT2D eigenvalue weighted by Crippen LogP contribution is -2.32. The Morgan fingerprint density at radius 3 is 2.36 bits per heavy atom. The number of hydrogen-bond donors (Lipinski definition) is 1. The minimum absolute atomic E-state index is 0.114. The molecule has 0 atom stereocenters.